The Kier molecular flexibility index (Phi) is 3.41. The zero-order valence-corrected chi connectivity index (χ0v) is 10.8. The summed E-state index contributed by atoms with van der Waals surface area (Å²) in [6.07, 6.45) is 1.69. The molecule has 84 valence electrons. The van der Waals surface area contributed by atoms with Crippen molar-refractivity contribution in [1.82, 2.24) is 10.3 Å². The average molecular weight is 281 g/mol. The minimum absolute atomic E-state index is 0.670. The summed E-state index contributed by atoms with van der Waals surface area (Å²) in [6.45, 7) is 2.76. The third-order valence-electron chi connectivity index (χ3n) is 2.34. The second-order valence-corrected chi connectivity index (χ2v) is 4.55. The summed E-state index contributed by atoms with van der Waals surface area (Å²) in [5.41, 5.74) is 3.09. The quantitative estimate of drug-likeness (QED) is 0.939. The molecule has 2 rings (SSSR count). The Morgan fingerprint density at radius 2 is 2.25 bits per heavy atom. The second-order valence-electron chi connectivity index (χ2n) is 3.63. The molecule has 1 N–H and O–H groups in total. The fraction of sp³-hybridized carbons (Fsp3) is 0.250. The van der Waals surface area contributed by atoms with Gasteiger partial charge in [0.1, 0.15) is 6.26 Å². The fourth-order valence-electron chi connectivity index (χ4n) is 1.52. The van der Waals surface area contributed by atoms with E-state index in [0.717, 1.165) is 27.8 Å². The minimum atomic E-state index is 0.670. The van der Waals surface area contributed by atoms with Gasteiger partial charge in [-0.1, -0.05) is 22.0 Å². The van der Waals surface area contributed by atoms with Gasteiger partial charge in [-0.3, -0.25) is 0 Å². The van der Waals surface area contributed by atoms with Crippen molar-refractivity contribution in [2.24, 2.45) is 0 Å². The summed E-state index contributed by atoms with van der Waals surface area (Å²) in [5.74, 6) is 0.670. The Hall–Kier alpha value is -1.13. The molecule has 0 saturated heterocycles. The summed E-state index contributed by atoms with van der Waals surface area (Å²) in [7, 11) is 1.89. The van der Waals surface area contributed by atoms with E-state index in [1.54, 1.807) is 6.26 Å². The molecule has 16 heavy (non-hydrogen) atoms. The zero-order valence-electron chi connectivity index (χ0n) is 9.25. The lowest BCUT2D eigenvalue weighted by Crippen LogP contribution is -2.04. The molecule has 0 aliphatic heterocycles. The first kappa shape index (κ1) is 11.4. The van der Waals surface area contributed by atoms with Crippen molar-refractivity contribution in [3.63, 3.8) is 0 Å². The molecule has 0 saturated carbocycles. The van der Waals surface area contributed by atoms with Crippen LogP contribution in [0, 0.1) is 6.92 Å². The third kappa shape index (κ3) is 2.33. The van der Waals surface area contributed by atoms with E-state index in [1.165, 1.54) is 0 Å². The maximum atomic E-state index is 5.47. The molecule has 0 amide bonds. The number of rotatable bonds is 3. The summed E-state index contributed by atoms with van der Waals surface area (Å²) in [6, 6.07) is 6.07. The first-order valence-electron chi connectivity index (χ1n) is 5.06. The Morgan fingerprint density at radius 3 is 3.00 bits per heavy atom. The first-order chi connectivity index (χ1) is 7.70. The van der Waals surface area contributed by atoms with Crippen LogP contribution >= 0.6 is 15.9 Å². The van der Waals surface area contributed by atoms with Crippen LogP contribution in [0.25, 0.3) is 11.5 Å². The van der Waals surface area contributed by atoms with E-state index in [4.69, 9.17) is 4.42 Å². The summed E-state index contributed by atoms with van der Waals surface area (Å²) in [4.78, 5) is 4.42. The van der Waals surface area contributed by atoms with Gasteiger partial charge in [-0.2, -0.15) is 0 Å². The number of oxazole rings is 1. The number of benzene rings is 1. The number of halogens is 1. The van der Waals surface area contributed by atoms with E-state index in [-0.39, 0.29) is 0 Å². The lowest BCUT2D eigenvalue weighted by molar-refractivity contribution is 0.571. The van der Waals surface area contributed by atoms with E-state index in [1.807, 2.05) is 32.2 Å². The predicted molar refractivity (Wildman–Crippen MR) is 67.1 cm³/mol. The van der Waals surface area contributed by atoms with Gasteiger partial charge in [-0.25, -0.2) is 4.98 Å². The average Bonchev–Trinajstić information content (AvgIpc) is 2.71. The number of hydrogen-bond acceptors (Lipinski definition) is 3. The van der Waals surface area contributed by atoms with Crippen molar-refractivity contribution < 1.29 is 4.42 Å². The van der Waals surface area contributed by atoms with Crippen molar-refractivity contribution in [3.8, 4) is 11.5 Å². The minimum Gasteiger partial charge on any atom is -0.444 e. The standard InChI is InChI=1S/C12H13BrN2O/c1-8-3-4-9(13)5-11(8)12-15-10(6-14-2)7-16-12/h3-5,7,14H,6H2,1-2H3. The van der Waals surface area contributed by atoms with Gasteiger partial charge in [0.05, 0.1) is 5.69 Å². The Morgan fingerprint density at radius 1 is 1.44 bits per heavy atom. The molecule has 0 radical (unpaired) electrons. The highest BCUT2D eigenvalue weighted by Gasteiger charge is 2.09. The first-order valence-corrected chi connectivity index (χ1v) is 5.85. The maximum Gasteiger partial charge on any atom is 0.226 e. The molecule has 4 heteroatoms. The van der Waals surface area contributed by atoms with Crippen LogP contribution in [0.3, 0.4) is 0 Å². The summed E-state index contributed by atoms with van der Waals surface area (Å²) >= 11 is 3.45. The van der Waals surface area contributed by atoms with Crippen LogP contribution < -0.4 is 5.32 Å². The zero-order chi connectivity index (χ0) is 11.5. The third-order valence-corrected chi connectivity index (χ3v) is 2.83. The summed E-state index contributed by atoms with van der Waals surface area (Å²) in [5, 5.41) is 3.04. The molecule has 0 spiro atoms. The Bertz CT molecular complexity index is 494. The lowest BCUT2D eigenvalue weighted by atomic mass is 10.1. The molecule has 0 bridgehead atoms. The lowest BCUT2D eigenvalue weighted by Gasteiger charge is -2.01. The molecule has 1 heterocycles. The molecule has 1 aromatic heterocycles. The van der Waals surface area contributed by atoms with Crippen LogP contribution in [0.4, 0.5) is 0 Å². The van der Waals surface area contributed by atoms with Crippen LogP contribution in [0.1, 0.15) is 11.3 Å². The van der Waals surface area contributed by atoms with E-state index in [0.29, 0.717) is 5.89 Å². The van der Waals surface area contributed by atoms with Crippen molar-refractivity contribution in [2.75, 3.05) is 7.05 Å². The van der Waals surface area contributed by atoms with Crippen LogP contribution in [0.5, 0.6) is 0 Å². The molecule has 0 aliphatic rings. The highest BCUT2D eigenvalue weighted by Crippen LogP contribution is 2.26. The van der Waals surface area contributed by atoms with E-state index < -0.39 is 0 Å². The van der Waals surface area contributed by atoms with E-state index in [2.05, 4.69) is 26.2 Å². The van der Waals surface area contributed by atoms with Gasteiger partial charge in [0.15, 0.2) is 0 Å². The predicted octanol–water partition coefficient (Wildman–Crippen LogP) is 3.13. The fourth-order valence-corrected chi connectivity index (χ4v) is 1.88. The molecule has 0 atom stereocenters. The van der Waals surface area contributed by atoms with Gasteiger partial charge in [-0.05, 0) is 31.7 Å². The normalized spacial score (nSPS) is 10.7. The highest BCUT2D eigenvalue weighted by atomic mass is 79.9. The number of nitrogens with zero attached hydrogens (tertiary/aromatic N) is 1. The van der Waals surface area contributed by atoms with Crippen molar-refractivity contribution in [1.29, 1.82) is 0 Å². The molecule has 0 fully saturated rings. The topological polar surface area (TPSA) is 38.1 Å². The van der Waals surface area contributed by atoms with Crippen LogP contribution in [-0.2, 0) is 6.54 Å². The van der Waals surface area contributed by atoms with Gasteiger partial charge in [0, 0.05) is 16.6 Å². The smallest absolute Gasteiger partial charge is 0.226 e. The Balaban J connectivity index is 2.38. The number of aromatic nitrogens is 1. The SMILES string of the molecule is CNCc1coc(-c2cc(Br)ccc2C)n1. The Labute approximate surface area is 103 Å². The van der Waals surface area contributed by atoms with Gasteiger partial charge in [0.25, 0.3) is 0 Å². The second kappa shape index (κ2) is 4.80. The molecule has 0 aliphatic carbocycles. The monoisotopic (exact) mass is 280 g/mol. The van der Waals surface area contributed by atoms with Crippen molar-refractivity contribution in [2.45, 2.75) is 13.5 Å². The summed E-state index contributed by atoms with van der Waals surface area (Å²) < 4.78 is 6.50. The van der Waals surface area contributed by atoms with Gasteiger partial charge in [0.2, 0.25) is 5.89 Å². The molecular formula is C12H13BrN2O. The van der Waals surface area contributed by atoms with Crippen molar-refractivity contribution >= 4 is 15.9 Å². The van der Waals surface area contributed by atoms with Crippen LogP contribution in [-0.4, -0.2) is 12.0 Å². The maximum absolute atomic E-state index is 5.47. The highest BCUT2D eigenvalue weighted by molar-refractivity contribution is 9.10. The van der Waals surface area contributed by atoms with Gasteiger partial charge < -0.3 is 9.73 Å². The van der Waals surface area contributed by atoms with Crippen LogP contribution in [0.15, 0.2) is 33.4 Å². The number of aryl methyl sites for hydroxylation is 1. The molecule has 1 aromatic carbocycles. The van der Waals surface area contributed by atoms with E-state index in [9.17, 15) is 0 Å². The molecule has 0 unspecified atom stereocenters. The van der Waals surface area contributed by atoms with Crippen LogP contribution in [0.2, 0.25) is 0 Å². The molecular weight excluding hydrogens is 268 g/mol. The number of hydrogen-bond donors (Lipinski definition) is 1. The molecule has 2 aromatic rings. The van der Waals surface area contributed by atoms with Crippen molar-refractivity contribution in [3.05, 3.63) is 40.2 Å². The van der Waals surface area contributed by atoms with Gasteiger partial charge >= 0.3 is 0 Å². The molecule has 3 nitrogen and oxygen atoms in total. The number of nitrogens with one attached hydrogen (secondary N) is 1. The largest absolute Gasteiger partial charge is 0.444 e. The van der Waals surface area contributed by atoms with E-state index >= 15 is 0 Å². The van der Waals surface area contributed by atoms with Gasteiger partial charge in [-0.15, -0.1) is 0 Å².